The smallest absolute Gasteiger partial charge is 0.242 e. The molecule has 2 atom stereocenters. The van der Waals surface area contributed by atoms with E-state index in [9.17, 15) is 9.59 Å². The van der Waals surface area contributed by atoms with E-state index in [0.717, 1.165) is 22.0 Å². The van der Waals surface area contributed by atoms with E-state index in [1.165, 1.54) is 0 Å². The Bertz CT molecular complexity index is 810. The van der Waals surface area contributed by atoms with Crippen molar-refractivity contribution in [2.75, 3.05) is 0 Å². The standard InChI is InChI=1S/C22H26BrClN2O2/c1-4-15(2)25-22(28)16(3)26(14-17-9-11-19(23)12-10-17)21(27)13-18-7-5-6-8-20(18)24/h5-12,15-16H,4,13-14H2,1-3H3,(H,25,28). The van der Waals surface area contributed by atoms with Gasteiger partial charge in [-0.3, -0.25) is 9.59 Å². The number of hydrogen-bond acceptors (Lipinski definition) is 2. The van der Waals surface area contributed by atoms with Gasteiger partial charge in [0, 0.05) is 22.1 Å². The van der Waals surface area contributed by atoms with E-state index in [1.54, 1.807) is 17.9 Å². The maximum Gasteiger partial charge on any atom is 0.242 e. The summed E-state index contributed by atoms with van der Waals surface area (Å²) in [6.07, 6.45) is 0.982. The number of carbonyl (C=O) groups excluding carboxylic acids is 2. The lowest BCUT2D eigenvalue weighted by atomic mass is 10.1. The van der Waals surface area contributed by atoms with Crippen LogP contribution in [0.25, 0.3) is 0 Å². The van der Waals surface area contributed by atoms with Crippen LogP contribution < -0.4 is 5.32 Å². The molecule has 0 spiro atoms. The van der Waals surface area contributed by atoms with Crippen molar-refractivity contribution < 1.29 is 9.59 Å². The second-order valence-electron chi connectivity index (χ2n) is 6.91. The summed E-state index contributed by atoms with van der Waals surface area (Å²) >= 11 is 9.65. The fourth-order valence-corrected chi connectivity index (χ4v) is 3.21. The lowest BCUT2D eigenvalue weighted by Gasteiger charge is -2.30. The summed E-state index contributed by atoms with van der Waals surface area (Å²) in [7, 11) is 0. The third-order valence-electron chi connectivity index (χ3n) is 4.73. The summed E-state index contributed by atoms with van der Waals surface area (Å²) in [5.41, 5.74) is 1.71. The molecule has 0 aliphatic heterocycles. The van der Waals surface area contributed by atoms with E-state index in [-0.39, 0.29) is 24.3 Å². The Kier molecular flexibility index (Phi) is 8.52. The Hall–Kier alpha value is -1.85. The van der Waals surface area contributed by atoms with Gasteiger partial charge in [0.25, 0.3) is 0 Å². The first-order valence-corrected chi connectivity index (χ1v) is 10.6. The fourth-order valence-electron chi connectivity index (χ4n) is 2.74. The molecule has 2 amide bonds. The van der Waals surface area contributed by atoms with Gasteiger partial charge in [0.15, 0.2) is 0 Å². The summed E-state index contributed by atoms with van der Waals surface area (Å²) in [6.45, 7) is 6.08. The monoisotopic (exact) mass is 464 g/mol. The molecule has 1 N–H and O–H groups in total. The van der Waals surface area contributed by atoms with Gasteiger partial charge in [-0.2, -0.15) is 0 Å². The van der Waals surface area contributed by atoms with Gasteiger partial charge >= 0.3 is 0 Å². The zero-order valence-corrected chi connectivity index (χ0v) is 18.8. The molecule has 0 saturated carbocycles. The second-order valence-corrected chi connectivity index (χ2v) is 8.23. The maximum absolute atomic E-state index is 13.1. The topological polar surface area (TPSA) is 49.4 Å². The molecule has 0 fully saturated rings. The molecule has 0 radical (unpaired) electrons. The van der Waals surface area contributed by atoms with Crippen molar-refractivity contribution in [1.29, 1.82) is 0 Å². The van der Waals surface area contributed by atoms with Gasteiger partial charge in [0.05, 0.1) is 6.42 Å². The van der Waals surface area contributed by atoms with Crippen LogP contribution >= 0.6 is 27.5 Å². The molecule has 0 heterocycles. The van der Waals surface area contributed by atoms with E-state index in [2.05, 4.69) is 21.2 Å². The van der Waals surface area contributed by atoms with E-state index in [1.807, 2.05) is 56.3 Å². The van der Waals surface area contributed by atoms with Gasteiger partial charge in [-0.05, 0) is 49.6 Å². The number of nitrogens with zero attached hydrogens (tertiary/aromatic N) is 1. The Morgan fingerprint density at radius 2 is 1.75 bits per heavy atom. The molecule has 2 rings (SSSR count). The van der Waals surface area contributed by atoms with Crippen LogP contribution in [0.1, 0.15) is 38.3 Å². The minimum Gasteiger partial charge on any atom is -0.352 e. The highest BCUT2D eigenvalue weighted by atomic mass is 79.9. The predicted octanol–water partition coefficient (Wildman–Crippen LogP) is 4.98. The summed E-state index contributed by atoms with van der Waals surface area (Å²) in [6, 6.07) is 14.5. The van der Waals surface area contributed by atoms with Crippen molar-refractivity contribution in [2.45, 2.75) is 52.2 Å². The van der Waals surface area contributed by atoms with Gasteiger partial charge in [-0.15, -0.1) is 0 Å². The summed E-state index contributed by atoms with van der Waals surface area (Å²) in [5.74, 6) is -0.290. The van der Waals surface area contributed by atoms with Gasteiger partial charge in [0.1, 0.15) is 6.04 Å². The summed E-state index contributed by atoms with van der Waals surface area (Å²) in [4.78, 5) is 27.4. The molecular formula is C22H26BrClN2O2. The first-order valence-electron chi connectivity index (χ1n) is 9.39. The van der Waals surface area contributed by atoms with Crippen LogP contribution in [-0.4, -0.2) is 28.8 Å². The normalized spacial score (nSPS) is 12.9. The zero-order chi connectivity index (χ0) is 20.7. The zero-order valence-electron chi connectivity index (χ0n) is 16.4. The minimum atomic E-state index is -0.590. The van der Waals surface area contributed by atoms with Crippen LogP contribution in [0.4, 0.5) is 0 Å². The SMILES string of the molecule is CCC(C)NC(=O)C(C)N(Cc1ccc(Br)cc1)C(=O)Cc1ccccc1Cl. The Morgan fingerprint density at radius 1 is 1.11 bits per heavy atom. The molecule has 0 bridgehead atoms. The van der Waals surface area contributed by atoms with Crippen molar-refractivity contribution in [3.63, 3.8) is 0 Å². The molecule has 4 nitrogen and oxygen atoms in total. The van der Waals surface area contributed by atoms with Crippen molar-refractivity contribution in [2.24, 2.45) is 0 Å². The molecule has 2 aromatic rings. The average molecular weight is 466 g/mol. The Labute approximate surface area is 180 Å². The maximum atomic E-state index is 13.1. The van der Waals surface area contributed by atoms with Crippen LogP contribution in [0.5, 0.6) is 0 Å². The third kappa shape index (κ3) is 6.35. The largest absolute Gasteiger partial charge is 0.352 e. The molecule has 0 saturated heterocycles. The highest BCUT2D eigenvalue weighted by Crippen LogP contribution is 2.19. The fraction of sp³-hybridized carbons (Fsp3) is 0.364. The first-order chi connectivity index (χ1) is 13.3. The van der Waals surface area contributed by atoms with Gasteiger partial charge in [-0.1, -0.05) is 64.8 Å². The lowest BCUT2D eigenvalue weighted by molar-refractivity contribution is -0.140. The van der Waals surface area contributed by atoms with E-state index >= 15 is 0 Å². The number of benzene rings is 2. The predicted molar refractivity (Wildman–Crippen MR) is 117 cm³/mol. The third-order valence-corrected chi connectivity index (χ3v) is 5.63. The van der Waals surface area contributed by atoms with Crippen molar-refractivity contribution in [3.8, 4) is 0 Å². The number of hydrogen-bond donors (Lipinski definition) is 1. The van der Waals surface area contributed by atoms with Crippen LogP contribution in [0.3, 0.4) is 0 Å². The van der Waals surface area contributed by atoms with Crippen LogP contribution in [0, 0.1) is 0 Å². The van der Waals surface area contributed by atoms with E-state index in [4.69, 9.17) is 11.6 Å². The minimum absolute atomic E-state index is 0.0585. The van der Waals surface area contributed by atoms with Crippen molar-refractivity contribution in [1.82, 2.24) is 10.2 Å². The highest BCUT2D eigenvalue weighted by molar-refractivity contribution is 9.10. The number of carbonyl (C=O) groups is 2. The van der Waals surface area contributed by atoms with Gasteiger partial charge in [-0.25, -0.2) is 0 Å². The molecule has 0 aliphatic carbocycles. The number of rotatable bonds is 8. The molecule has 2 aromatic carbocycles. The quantitative estimate of drug-likeness (QED) is 0.598. The molecular weight excluding hydrogens is 440 g/mol. The van der Waals surface area contributed by atoms with E-state index in [0.29, 0.717) is 11.6 Å². The average Bonchev–Trinajstić information content (AvgIpc) is 2.68. The van der Waals surface area contributed by atoms with Crippen molar-refractivity contribution in [3.05, 3.63) is 69.2 Å². The van der Waals surface area contributed by atoms with Crippen LogP contribution in [-0.2, 0) is 22.6 Å². The molecule has 0 aromatic heterocycles. The number of amides is 2. The summed E-state index contributed by atoms with van der Waals surface area (Å²) in [5, 5.41) is 3.52. The van der Waals surface area contributed by atoms with Gasteiger partial charge in [0.2, 0.25) is 11.8 Å². The first kappa shape index (κ1) is 22.4. The Morgan fingerprint density at radius 3 is 2.36 bits per heavy atom. The second kappa shape index (κ2) is 10.6. The number of halogens is 2. The van der Waals surface area contributed by atoms with Crippen LogP contribution in [0.15, 0.2) is 53.0 Å². The molecule has 150 valence electrons. The Balaban J connectivity index is 2.23. The molecule has 0 aliphatic rings. The molecule has 28 heavy (non-hydrogen) atoms. The number of nitrogens with one attached hydrogen (secondary N) is 1. The van der Waals surface area contributed by atoms with Crippen molar-refractivity contribution >= 4 is 39.3 Å². The van der Waals surface area contributed by atoms with Crippen LogP contribution in [0.2, 0.25) is 5.02 Å². The molecule has 2 unspecified atom stereocenters. The van der Waals surface area contributed by atoms with E-state index < -0.39 is 6.04 Å². The highest BCUT2D eigenvalue weighted by Gasteiger charge is 2.27. The van der Waals surface area contributed by atoms with Gasteiger partial charge < -0.3 is 10.2 Å². The molecule has 6 heteroatoms. The lowest BCUT2D eigenvalue weighted by Crippen LogP contribution is -2.49. The summed E-state index contributed by atoms with van der Waals surface area (Å²) < 4.78 is 0.966.